The number of fused-ring (bicyclic) bond motifs is 1. The average molecular weight is 325 g/mol. The Morgan fingerprint density at radius 2 is 2.04 bits per heavy atom. The molecule has 2 aromatic heterocycles. The highest BCUT2D eigenvalue weighted by molar-refractivity contribution is 7.10. The summed E-state index contributed by atoms with van der Waals surface area (Å²) in [4.78, 5) is 23.6. The van der Waals surface area contributed by atoms with Crippen LogP contribution < -0.4 is 0 Å². The molecule has 3 heterocycles. The molecule has 0 atom stereocenters. The molecule has 1 aliphatic heterocycles. The van der Waals surface area contributed by atoms with Gasteiger partial charge in [0.1, 0.15) is 5.82 Å². The summed E-state index contributed by atoms with van der Waals surface area (Å²) in [5.41, 5.74) is 2.12. The number of imidazole rings is 1. The molecule has 4 rings (SSSR count). The van der Waals surface area contributed by atoms with E-state index < -0.39 is 0 Å². The van der Waals surface area contributed by atoms with E-state index >= 15 is 0 Å². The number of carbonyl (C=O) groups excluding carboxylic acids is 1. The van der Waals surface area contributed by atoms with Gasteiger partial charge in [-0.3, -0.25) is 4.79 Å². The maximum absolute atomic E-state index is 12.4. The number of hydrogen-bond acceptors (Lipinski definition) is 3. The molecule has 5 heteroatoms. The third-order valence-corrected chi connectivity index (χ3v) is 5.42. The summed E-state index contributed by atoms with van der Waals surface area (Å²) in [7, 11) is 0. The number of aromatic nitrogens is 2. The second kappa shape index (κ2) is 6.16. The van der Waals surface area contributed by atoms with Crippen molar-refractivity contribution in [2.75, 3.05) is 13.1 Å². The topological polar surface area (TPSA) is 49.0 Å². The minimum Gasteiger partial charge on any atom is -0.342 e. The summed E-state index contributed by atoms with van der Waals surface area (Å²) >= 11 is 1.65. The molecule has 0 spiro atoms. The van der Waals surface area contributed by atoms with E-state index in [1.54, 1.807) is 11.3 Å². The fourth-order valence-electron chi connectivity index (χ4n) is 3.24. The first kappa shape index (κ1) is 14.5. The fraction of sp³-hybridized carbons (Fsp3) is 0.333. The van der Waals surface area contributed by atoms with Gasteiger partial charge in [-0.05, 0) is 36.4 Å². The first-order chi connectivity index (χ1) is 11.3. The Labute approximate surface area is 139 Å². The van der Waals surface area contributed by atoms with Crippen LogP contribution in [0.4, 0.5) is 0 Å². The SMILES string of the molecule is O=C(Cc1cccs1)N1CCC(c2nc3ccccc3[nH]2)CC1. The maximum atomic E-state index is 12.4. The number of nitrogens with zero attached hydrogens (tertiary/aromatic N) is 2. The molecule has 0 bridgehead atoms. The summed E-state index contributed by atoms with van der Waals surface area (Å²) in [6.45, 7) is 1.65. The van der Waals surface area contributed by atoms with Crippen LogP contribution in [0.5, 0.6) is 0 Å². The Morgan fingerprint density at radius 3 is 2.78 bits per heavy atom. The van der Waals surface area contributed by atoms with Crippen molar-refractivity contribution < 1.29 is 4.79 Å². The molecule has 1 aromatic carbocycles. The summed E-state index contributed by atoms with van der Waals surface area (Å²) in [5, 5.41) is 2.02. The number of benzene rings is 1. The monoisotopic (exact) mass is 325 g/mol. The molecule has 0 aliphatic carbocycles. The number of thiophene rings is 1. The highest BCUT2D eigenvalue weighted by Gasteiger charge is 2.25. The lowest BCUT2D eigenvalue weighted by atomic mass is 9.96. The van der Waals surface area contributed by atoms with Crippen molar-refractivity contribution in [1.29, 1.82) is 0 Å². The number of aromatic amines is 1. The van der Waals surface area contributed by atoms with Gasteiger partial charge in [-0.25, -0.2) is 4.98 Å². The maximum Gasteiger partial charge on any atom is 0.227 e. The molecule has 1 aliphatic rings. The minimum atomic E-state index is 0.246. The largest absolute Gasteiger partial charge is 0.342 e. The number of carbonyl (C=O) groups is 1. The van der Waals surface area contributed by atoms with Gasteiger partial charge in [-0.1, -0.05) is 18.2 Å². The van der Waals surface area contributed by atoms with Crippen LogP contribution in [0.3, 0.4) is 0 Å². The van der Waals surface area contributed by atoms with Crippen molar-refractivity contribution in [3.05, 3.63) is 52.5 Å². The smallest absolute Gasteiger partial charge is 0.227 e. The van der Waals surface area contributed by atoms with Gasteiger partial charge in [0, 0.05) is 23.9 Å². The number of rotatable bonds is 3. The van der Waals surface area contributed by atoms with E-state index in [0.29, 0.717) is 12.3 Å². The van der Waals surface area contributed by atoms with E-state index in [4.69, 9.17) is 4.98 Å². The zero-order valence-corrected chi connectivity index (χ0v) is 13.7. The van der Waals surface area contributed by atoms with Gasteiger partial charge in [-0.15, -0.1) is 11.3 Å². The fourth-order valence-corrected chi connectivity index (χ4v) is 3.94. The second-order valence-electron chi connectivity index (χ2n) is 6.05. The number of piperidine rings is 1. The Bertz CT molecular complexity index is 768. The number of likely N-dealkylation sites (tertiary alicyclic amines) is 1. The lowest BCUT2D eigenvalue weighted by Crippen LogP contribution is -2.38. The molecule has 1 fully saturated rings. The van der Waals surface area contributed by atoms with Crippen LogP contribution in [0, 0.1) is 0 Å². The van der Waals surface area contributed by atoms with E-state index in [-0.39, 0.29) is 5.91 Å². The molecule has 0 unspecified atom stereocenters. The van der Waals surface area contributed by atoms with Crippen molar-refractivity contribution in [3.63, 3.8) is 0 Å². The van der Waals surface area contributed by atoms with Gasteiger partial charge in [0.05, 0.1) is 17.5 Å². The van der Waals surface area contributed by atoms with Crippen LogP contribution in [0.25, 0.3) is 11.0 Å². The zero-order valence-electron chi connectivity index (χ0n) is 12.9. The van der Waals surface area contributed by atoms with Crippen LogP contribution in [0.2, 0.25) is 0 Å². The summed E-state index contributed by atoms with van der Waals surface area (Å²) in [6, 6.07) is 12.2. The summed E-state index contributed by atoms with van der Waals surface area (Å²) in [6.07, 6.45) is 2.50. The molecule has 1 saturated heterocycles. The van der Waals surface area contributed by atoms with Crippen molar-refractivity contribution >= 4 is 28.3 Å². The van der Waals surface area contributed by atoms with Crippen molar-refractivity contribution in [2.45, 2.75) is 25.2 Å². The van der Waals surface area contributed by atoms with Gasteiger partial charge >= 0.3 is 0 Å². The zero-order chi connectivity index (χ0) is 15.6. The number of H-pyrrole nitrogens is 1. The van der Waals surface area contributed by atoms with Crippen molar-refractivity contribution in [3.8, 4) is 0 Å². The van der Waals surface area contributed by atoms with E-state index in [0.717, 1.165) is 47.7 Å². The number of hydrogen-bond donors (Lipinski definition) is 1. The number of para-hydroxylation sites is 2. The van der Waals surface area contributed by atoms with Gasteiger partial charge < -0.3 is 9.88 Å². The predicted octanol–water partition coefficient (Wildman–Crippen LogP) is 3.57. The Kier molecular flexibility index (Phi) is 3.87. The third kappa shape index (κ3) is 3.01. The van der Waals surface area contributed by atoms with Crippen LogP contribution in [0.1, 0.15) is 29.5 Å². The Hall–Kier alpha value is -2.14. The molecule has 1 N–H and O–H groups in total. The molecule has 23 heavy (non-hydrogen) atoms. The molecule has 3 aromatic rings. The third-order valence-electron chi connectivity index (χ3n) is 4.55. The highest BCUT2D eigenvalue weighted by Crippen LogP contribution is 2.28. The molecule has 1 amide bonds. The summed E-state index contributed by atoms with van der Waals surface area (Å²) < 4.78 is 0. The highest BCUT2D eigenvalue weighted by atomic mass is 32.1. The van der Waals surface area contributed by atoms with Gasteiger partial charge in [-0.2, -0.15) is 0 Å². The number of nitrogens with one attached hydrogen (secondary N) is 1. The first-order valence-corrected chi connectivity index (χ1v) is 8.92. The molecule has 0 radical (unpaired) electrons. The Morgan fingerprint density at radius 1 is 1.22 bits per heavy atom. The molecule has 0 saturated carbocycles. The molecular weight excluding hydrogens is 306 g/mol. The van der Waals surface area contributed by atoms with E-state index in [9.17, 15) is 4.79 Å². The van der Waals surface area contributed by atoms with Gasteiger partial charge in [0.25, 0.3) is 0 Å². The molecular formula is C18H19N3OS. The van der Waals surface area contributed by atoms with E-state index in [1.165, 1.54) is 0 Å². The van der Waals surface area contributed by atoms with Crippen molar-refractivity contribution in [2.24, 2.45) is 0 Å². The average Bonchev–Trinajstić information content (AvgIpc) is 3.24. The normalized spacial score (nSPS) is 16.1. The lowest BCUT2D eigenvalue weighted by Gasteiger charge is -2.31. The quantitative estimate of drug-likeness (QED) is 0.800. The predicted molar refractivity (Wildman–Crippen MR) is 92.7 cm³/mol. The number of amides is 1. The molecule has 118 valence electrons. The van der Waals surface area contributed by atoms with Crippen molar-refractivity contribution in [1.82, 2.24) is 14.9 Å². The standard InChI is InChI=1S/C18H19N3OS/c22-17(12-14-4-3-11-23-14)21-9-7-13(8-10-21)18-19-15-5-1-2-6-16(15)20-18/h1-6,11,13H,7-10,12H2,(H,19,20). The second-order valence-corrected chi connectivity index (χ2v) is 7.08. The van der Waals surface area contributed by atoms with E-state index in [1.807, 2.05) is 40.6 Å². The van der Waals surface area contributed by atoms with Crippen LogP contribution in [-0.4, -0.2) is 33.9 Å². The van der Waals surface area contributed by atoms with Crippen LogP contribution in [0.15, 0.2) is 41.8 Å². The first-order valence-electron chi connectivity index (χ1n) is 8.04. The minimum absolute atomic E-state index is 0.246. The van der Waals surface area contributed by atoms with Gasteiger partial charge in [0.2, 0.25) is 5.91 Å². The lowest BCUT2D eigenvalue weighted by molar-refractivity contribution is -0.131. The van der Waals surface area contributed by atoms with Crippen LogP contribution >= 0.6 is 11.3 Å². The van der Waals surface area contributed by atoms with E-state index in [2.05, 4.69) is 11.1 Å². The Balaban J connectivity index is 1.39. The molecule has 4 nitrogen and oxygen atoms in total. The van der Waals surface area contributed by atoms with Gasteiger partial charge in [0.15, 0.2) is 0 Å². The summed E-state index contributed by atoms with van der Waals surface area (Å²) in [5.74, 6) is 1.74. The van der Waals surface area contributed by atoms with Crippen LogP contribution in [-0.2, 0) is 11.2 Å².